The first-order valence-electron chi connectivity index (χ1n) is 8.75. The monoisotopic (exact) mass is 339 g/mol. The molecule has 5 nitrogen and oxygen atoms in total. The Kier molecular flexibility index (Phi) is 5.79. The van der Waals surface area contributed by atoms with E-state index < -0.39 is 0 Å². The first kappa shape index (κ1) is 17.6. The first-order chi connectivity index (χ1) is 12.1. The molecule has 2 aromatic rings. The highest BCUT2D eigenvalue weighted by Gasteiger charge is 2.21. The van der Waals surface area contributed by atoms with Crippen molar-refractivity contribution in [2.45, 2.75) is 39.1 Å². The van der Waals surface area contributed by atoms with E-state index in [9.17, 15) is 4.79 Å². The van der Waals surface area contributed by atoms with Gasteiger partial charge in [-0.3, -0.25) is 14.7 Å². The number of pyridine rings is 1. The van der Waals surface area contributed by atoms with Crippen molar-refractivity contribution in [2.75, 3.05) is 13.1 Å². The van der Waals surface area contributed by atoms with Crippen molar-refractivity contribution in [3.8, 4) is 0 Å². The number of rotatable bonds is 5. The molecule has 1 aliphatic rings. The fourth-order valence-corrected chi connectivity index (χ4v) is 3.20. The molecule has 1 N–H and O–H groups in total. The number of nitrogens with zero attached hydrogens (tertiary/aromatic N) is 2. The van der Waals surface area contributed by atoms with Crippen molar-refractivity contribution in [1.29, 1.82) is 0 Å². The molecule has 1 aliphatic heterocycles. The number of benzene rings is 1. The van der Waals surface area contributed by atoms with Gasteiger partial charge in [0.2, 0.25) is 0 Å². The lowest BCUT2D eigenvalue weighted by atomic mass is 10.1. The minimum absolute atomic E-state index is 0.152. The molecule has 1 amide bonds. The zero-order valence-corrected chi connectivity index (χ0v) is 14.8. The fourth-order valence-electron chi connectivity index (χ4n) is 3.20. The second-order valence-corrected chi connectivity index (χ2v) is 6.67. The average molecular weight is 339 g/mol. The molecule has 0 bridgehead atoms. The maximum absolute atomic E-state index is 12.0. The summed E-state index contributed by atoms with van der Waals surface area (Å²) in [7, 11) is 0. The van der Waals surface area contributed by atoms with Gasteiger partial charge in [-0.2, -0.15) is 0 Å². The number of morpholine rings is 1. The standard InChI is InChI=1S/C20H25N3O2/c1-15-12-23(13-16(2)25-15)14-18-8-6-17(7-9-18)11-22-20(24)19-5-3-4-10-21-19/h3-10,15-16H,11-14H2,1-2H3,(H,22,24). The molecular weight excluding hydrogens is 314 g/mol. The third-order valence-corrected chi connectivity index (χ3v) is 4.27. The first-order valence-corrected chi connectivity index (χ1v) is 8.75. The van der Waals surface area contributed by atoms with Gasteiger partial charge in [-0.05, 0) is 37.1 Å². The van der Waals surface area contributed by atoms with Crippen molar-refractivity contribution in [1.82, 2.24) is 15.2 Å². The topological polar surface area (TPSA) is 54.5 Å². The summed E-state index contributed by atoms with van der Waals surface area (Å²) >= 11 is 0. The molecule has 3 rings (SSSR count). The van der Waals surface area contributed by atoms with E-state index in [1.807, 2.05) is 6.07 Å². The summed E-state index contributed by atoms with van der Waals surface area (Å²) in [5.41, 5.74) is 2.80. The maximum Gasteiger partial charge on any atom is 0.270 e. The number of ether oxygens (including phenoxy) is 1. The van der Waals surface area contributed by atoms with Crippen LogP contribution < -0.4 is 5.32 Å². The van der Waals surface area contributed by atoms with Gasteiger partial charge in [0.15, 0.2) is 0 Å². The van der Waals surface area contributed by atoms with Gasteiger partial charge >= 0.3 is 0 Å². The van der Waals surface area contributed by atoms with E-state index in [0.29, 0.717) is 12.2 Å². The summed E-state index contributed by atoms with van der Waals surface area (Å²) in [5.74, 6) is -0.152. The second-order valence-electron chi connectivity index (χ2n) is 6.67. The van der Waals surface area contributed by atoms with Crippen LogP contribution in [0.2, 0.25) is 0 Å². The average Bonchev–Trinajstić information content (AvgIpc) is 2.61. The predicted octanol–water partition coefficient (Wildman–Crippen LogP) is 2.62. The summed E-state index contributed by atoms with van der Waals surface area (Å²) in [6.07, 6.45) is 2.19. The van der Waals surface area contributed by atoms with Gasteiger partial charge < -0.3 is 10.1 Å². The normalized spacial score (nSPS) is 21.0. The van der Waals surface area contributed by atoms with Gasteiger partial charge in [0.1, 0.15) is 5.69 Å². The Morgan fingerprint density at radius 2 is 1.80 bits per heavy atom. The van der Waals surface area contributed by atoms with Crippen molar-refractivity contribution < 1.29 is 9.53 Å². The minimum Gasteiger partial charge on any atom is -0.373 e. The van der Waals surface area contributed by atoms with Gasteiger partial charge in [-0.25, -0.2) is 0 Å². The zero-order valence-electron chi connectivity index (χ0n) is 14.8. The summed E-state index contributed by atoms with van der Waals surface area (Å²) in [5, 5.41) is 2.90. The Bertz CT molecular complexity index is 678. The SMILES string of the molecule is CC1CN(Cc2ccc(CNC(=O)c3ccccn3)cc2)CC(C)O1. The van der Waals surface area contributed by atoms with Crippen LogP contribution >= 0.6 is 0 Å². The van der Waals surface area contributed by atoms with Crippen LogP contribution in [0.1, 0.15) is 35.5 Å². The van der Waals surface area contributed by atoms with Crippen molar-refractivity contribution in [3.05, 3.63) is 65.5 Å². The lowest BCUT2D eigenvalue weighted by Gasteiger charge is -2.35. The van der Waals surface area contributed by atoms with E-state index in [4.69, 9.17) is 4.74 Å². The summed E-state index contributed by atoms with van der Waals surface area (Å²) < 4.78 is 5.78. The van der Waals surface area contributed by atoms with E-state index in [2.05, 4.69) is 53.3 Å². The smallest absolute Gasteiger partial charge is 0.270 e. The molecule has 0 aliphatic carbocycles. The maximum atomic E-state index is 12.0. The lowest BCUT2D eigenvalue weighted by molar-refractivity contribution is -0.0704. The lowest BCUT2D eigenvalue weighted by Crippen LogP contribution is -2.44. The molecule has 2 heterocycles. The van der Waals surface area contributed by atoms with E-state index in [1.165, 1.54) is 5.56 Å². The van der Waals surface area contributed by atoms with Crippen LogP contribution in [0, 0.1) is 0 Å². The minimum atomic E-state index is -0.152. The van der Waals surface area contributed by atoms with E-state index >= 15 is 0 Å². The Balaban J connectivity index is 1.51. The zero-order chi connectivity index (χ0) is 17.6. The number of nitrogens with one attached hydrogen (secondary N) is 1. The molecule has 132 valence electrons. The van der Waals surface area contributed by atoms with Crippen LogP contribution in [0.4, 0.5) is 0 Å². The van der Waals surface area contributed by atoms with Gasteiger partial charge in [0.25, 0.3) is 5.91 Å². The number of amides is 1. The number of carbonyl (C=O) groups is 1. The van der Waals surface area contributed by atoms with Crippen LogP contribution in [-0.4, -0.2) is 41.1 Å². The van der Waals surface area contributed by atoms with Crippen molar-refractivity contribution in [3.63, 3.8) is 0 Å². The van der Waals surface area contributed by atoms with Crippen LogP contribution in [0.3, 0.4) is 0 Å². The number of aromatic nitrogens is 1. The molecule has 1 aromatic carbocycles. The summed E-state index contributed by atoms with van der Waals surface area (Å²) in [6, 6.07) is 13.7. The third kappa shape index (κ3) is 5.11. The van der Waals surface area contributed by atoms with Gasteiger partial charge in [-0.1, -0.05) is 30.3 Å². The highest BCUT2D eigenvalue weighted by molar-refractivity contribution is 5.92. The number of carbonyl (C=O) groups excluding carboxylic acids is 1. The highest BCUT2D eigenvalue weighted by Crippen LogP contribution is 2.14. The predicted molar refractivity (Wildman–Crippen MR) is 97.1 cm³/mol. The largest absolute Gasteiger partial charge is 0.373 e. The fraction of sp³-hybridized carbons (Fsp3) is 0.400. The van der Waals surface area contributed by atoms with Crippen molar-refractivity contribution in [2.24, 2.45) is 0 Å². The Labute approximate surface area is 149 Å². The van der Waals surface area contributed by atoms with Gasteiger partial charge in [0, 0.05) is 32.4 Å². The summed E-state index contributed by atoms with van der Waals surface area (Å²) in [6.45, 7) is 7.60. The molecule has 0 radical (unpaired) electrons. The second kappa shape index (κ2) is 8.23. The highest BCUT2D eigenvalue weighted by atomic mass is 16.5. The van der Waals surface area contributed by atoms with E-state index in [1.54, 1.807) is 18.3 Å². The molecule has 1 saturated heterocycles. The molecule has 1 fully saturated rings. The van der Waals surface area contributed by atoms with Crippen LogP contribution in [-0.2, 0) is 17.8 Å². The van der Waals surface area contributed by atoms with E-state index in [-0.39, 0.29) is 18.1 Å². The Hall–Kier alpha value is -2.24. The number of hydrogen-bond donors (Lipinski definition) is 1. The molecule has 0 saturated carbocycles. The van der Waals surface area contributed by atoms with E-state index in [0.717, 1.165) is 25.2 Å². The van der Waals surface area contributed by atoms with Crippen LogP contribution in [0.15, 0.2) is 48.7 Å². The summed E-state index contributed by atoms with van der Waals surface area (Å²) in [4.78, 5) is 18.5. The third-order valence-electron chi connectivity index (χ3n) is 4.27. The Morgan fingerprint density at radius 1 is 1.12 bits per heavy atom. The van der Waals surface area contributed by atoms with Gasteiger partial charge in [0.05, 0.1) is 12.2 Å². The number of hydrogen-bond acceptors (Lipinski definition) is 4. The molecule has 25 heavy (non-hydrogen) atoms. The van der Waals surface area contributed by atoms with Crippen LogP contribution in [0.25, 0.3) is 0 Å². The molecule has 5 heteroatoms. The van der Waals surface area contributed by atoms with Crippen LogP contribution in [0.5, 0.6) is 0 Å². The molecule has 0 spiro atoms. The quantitative estimate of drug-likeness (QED) is 0.910. The molecule has 2 atom stereocenters. The van der Waals surface area contributed by atoms with Gasteiger partial charge in [-0.15, -0.1) is 0 Å². The molecule has 2 unspecified atom stereocenters. The van der Waals surface area contributed by atoms with Crippen molar-refractivity contribution >= 4 is 5.91 Å². The molecule has 1 aromatic heterocycles. The Morgan fingerprint density at radius 3 is 2.44 bits per heavy atom. The molecular formula is C20H25N3O2.